The molecule has 1 aliphatic rings. The summed E-state index contributed by atoms with van der Waals surface area (Å²) < 4.78 is 5.46. The molecule has 1 N–H and O–H groups in total. The van der Waals surface area contributed by atoms with Gasteiger partial charge in [0.1, 0.15) is 5.60 Å². The summed E-state index contributed by atoms with van der Waals surface area (Å²) >= 11 is 0. The number of aryl methyl sites for hydroxylation is 1. The minimum Gasteiger partial charge on any atom is -0.444 e. The number of rotatable bonds is 1. The van der Waals surface area contributed by atoms with Gasteiger partial charge in [0.25, 0.3) is 0 Å². The van der Waals surface area contributed by atoms with E-state index in [1.165, 1.54) is 16.8 Å². The topological polar surface area (TPSA) is 48.6 Å². The maximum absolute atomic E-state index is 12.2. The van der Waals surface area contributed by atoms with Crippen LogP contribution in [-0.2, 0) is 4.74 Å². The van der Waals surface area contributed by atoms with Crippen LogP contribution in [0, 0.1) is 6.92 Å². The number of nitrogens with one attached hydrogen (secondary N) is 1. The number of benzene rings is 1. The zero-order valence-electron chi connectivity index (χ0n) is 14.3. The largest absolute Gasteiger partial charge is 0.444 e. The lowest BCUT2D eigenvalue weighted by Gasteiger charge is -2.37. The van der Waals surface area contributed by atoms with E-state index in [0.717, 1.165) is 18.6 Å². The summed E-state index contributed by atoms with van der Waals surface area (Å²) in [7, 11) is 0. The van der Waals surface area contributed by atoms with Crippen molar-refractivity contribution in [3.63, 3.8) is 0 Å². The lowest BCUT2D eigenvalue weighted by Crippen LogP contribution is -2.50. The van der Waals surface area contributed by atoms with Gasteiger partial charge in [0.05, 0.1) is 0 Å². The Morgan fingerprint density at radius 1 is 1.17 bits per heavy atom. The molecule has 0 aliphatic carbocycles. The van der Waals surface area contributed by atoms with Crippen molar-refractivity contribution < 1.29 is 9.53 Å². The standard InChI is InChI=1S/C18H25N3O2/c1-13-12-14-15(19-13)6-5-7-16(14)20-8-10-21(11-9-20)17(22)23-18(2,3)4/h5-7,12,19H,8-11H2,1-4H3. The molecule has 0 unspecified atom stereocenters. The van der Waals surface area contributed by atoms with Crippen LogP contribution in [0.25, 0.3) is 10.9 Å². The van der Waals surface area contributed by atoms with E-state index in [1.807, 2.05) is 20.8 Å². The van der Waals surface area contributed by atoms with E-state index in [2.05, 4.69) is 41.1 Å². The predicted molar refractivity (Wildman–Crippen MR) is 93.1 cm³/mol. The van der Waals surface area contributed by atoms with Crippen LogP contribution < -0.4 is 4.90 Å². The Hall–Kier alpha value is -2.17. The van der Waals surface area contributed by atoms with Crippen LogP contribution in [0.5, 0.6) is 0 Å². The van der Waals surface area contributed by atoms with E-state index in [9.17, 15) is 4.79 Å². The van der Waals surface area contributed by atoms with Crippen LogP contribution in [0.4, 0.5) is 10.5 Å². The minimum atomic E-state index is -0.442. The van der Waals surface area contributed by atoms with Crippen LogP contribution in [0.3, 0.4) is 0 Å². The van der Waals surface area contributed by atoms with Gasteiger partial charge in [-0.1, -0.05) is 6.07 Å². The van der Waals surface area contributed by atoms with Crippen LogP contribution in [0.1, 0.15) is 26.5 Å². The van der Waals surface area contributed by atoms with Gasteiger partial charge in [-0.2, -0.15) is 0 Å². The molecule has 0 spiro atoms. The van der Waals surface area contributed by atoms with E-state index in [0.29, 0.717) is 13.1 Å². The van der Waals surface area contributed by atoms with Gasteiger partial charge in [-0.05, 0) is 45.9 Å². The summed E-state index contributed by atoms with van der Waals surface area (Å²) in [6, 6.07) is 8.51. The molecular formula is C18H25N3O2. The minimum absolute atomic E-state index is 0.215. The van der Waals surface area contributed by atoms with Crippen LogP contribution >= 0.6 is 0 Å². The molecule has 1 saturated heterocycles. The molecule has 2 heterocycles. The molecule has 2 aromatic rings. The van der Waals surface area contributed by atoms with E-state index >= 15 is 0 Å². The molecule has 124 valence electrons. The number of aromatic nitrogens is 1. The van der Waals surface area contributed by atoms with E-state index in [1.54, 1.807) is 4.90 Å². The molecule has 5 nitrogen and oxygen atoms in total. The maximum Gasteiger partial charge on any atom is 0.410 e. The molecule has 1 aromatic heterocycles. The highest BCUT2D eigenvalue weighted by Crippen LogP contribution is 2.28. The van der Waals surface area contributed by atoms with Crippen molar-refractivity contribution in [3.8, 4) is 0 Å². The number of H-pyrrole nitrogens is 1. The van der Waals surface area contributed by atoms with Gasteiger partial charge in [-0.3, -0.25) is 0 Å². The van der Waals surface area contributed by atoms with Gasteiger partial charge in [0, 0.05) is 48.5 Å². The summed E-state index contributed by atoms with van der Waals surface area (Å²) in [4.78, 5) is 19.7. The third-order valence-corrected chi connectivity index (χ3v) is 4.05. The van der Waals surface area contributed by atoms with Crippen molar-refractivity contribution in [2.24, 2.45) is 0 Å². The Labute approximate surface area is 137 Å². The van der Waals surface area contributed by atoms with Crippen molar-refractivity contribution >= 4 is 22.7 Å². The van der Waals surface area contributed by atoms with Crippen LogP contribution in [-0.4, -0.2) is 47.8 Å². The first-order chi connectivity index (χ1) is 10.8. The third-order valence-electron chi connectivity index (χ3n) is 4.05. The number of anilines is 1. The SMILES string of the molecule is Cc1cc2c(N3CCN(C(=O)OC(C)(C)C)CC3)cccc2[nH]1. The number of amides is 1. The molecule has 0 radical (unpaired) electrons. The Bertz CT molecular complexity index is 707. The van der Waals surface area contributed by atoms with Gasteiger partial charge in [-0.15, -0.1) is 0 Å². The zero-order chi connectivity index (χ0) is 16.6. The first-order valence-electron chi connectivity index (χ1n) is 8.15. The van der Waals surface area contributed by atoms with Crippen LogP contribution in [0.2, 0.25) is 0 Å². The van der Waals surface area contributed by atoms with Gasteiger partial charge in [-0.25, -0.2) is 4.79 Å². The van der Waals surface area contributed by atoms with Crippen LogP contribution in [0.15, 0.2) is 24.3 Å². The second kappa shape index (κ2) is 5.80. The fourth-order valence-electron chi connectivity index (χ4n) is 3.01. The molecule has 1 aromatic carbocycles. The zero-order valence-corrected chi connectivity index (χ0v) is 14.3. The number of nitrogens with zero attached hydrogens (tertiary/aromatic N) is 2. The number of hydrogen-bond donors (Lipinski definition) is 1. The molecule has 23 heavy (non-hydrogen) atoms. The van der Waals surface area contributed by atoms with Crippen molar-refractivity contribution in [2.75, 3.05) is 31.1 Å². The number of aromatic amines is 1. The summed E-state index contributed by atoms with van der Waals surface area (Å²) in [5.74, 6) is 0. The molecule has 1 fully saturated rings. The Balaban J connectivity index is 1.70. The van der Waals surface area contributed by atoms with Crippen molar-refractivity contribution in [1.29, 1.82) is 0 Å². The molecule has 0 bridgehead atoms. The number of carbonyl (C=O) groups is 1. The monoisotopic (exact) mass is 315 g/mol. The predicted octanol–water partition coefficient (Wildman–Crippen LogP) is 3.53. The van der Waals surface area contributed by atoms with Crippen molar-refractivity contribution in [1.82, 2.24) is 9.88 Å². The number of carbonyl (C=O) groups excluding carboxylic acids is 1. The number of ether oxygens (including phenoxy) is 1. The third kappa shape index (κ3) is 3.44. The van der Waals surface area contributed by atoms with Gasteiger partial charge in [0.2, 0.25) is 0 Å². The van der Waals surface area contributed by atoms with Crippen molar-refractivity contribution in [3.05, 3.63) is 30.0 Å². The summed E-state index contributed by atoms with van der Waals surface area (Å²) in [5, 5.41) is 1.25. The summed E-state index contributed by atoms with van der Waals surface area (Å²) in [5.41, 5.74) is 3.12. The van der Waals surface area contributed by atoms with Gasteiger partial charge >= 0.3 is 6.09 Å². The molecular weight excluding hydrogens is 290 g/mol. The highest BCUT2D eigenvalue weighted by molar-refractivity contribution is 5.93. The van der Waals surface area contributed by atoms with E-state index in [4.69, 9.17) is 4.74 Å². The van der Waals surface area contributed by atoms with E-state index < -0.39 is 5.60 Å². The highest BCUT2D eigenvalue weighted by Gasteiger charge is 2.26. The second-order valence-electron chi connectivity index (χ2n) is 7.15. The smallest absolute Gasteiger partial charge is 0.410 e. The molecule has 0 atom stereocenters. The fourth-order valence-corrected chi connectivity index (χ4v) is 3.01. The average Bonchev–Trinajstić information content (AvgIpc) is 2.85. The molecule has 5 heteroatoms. The Kier molecular flexibility index (Phi) is 3.96. The Morgan fingerprint density at radius 3 is 2.52 bits per heavy atom. The fraction of sp³-hybridized carbons (Fsp3) is 0.500. The lowest BCUT2D eigenvalue weighted by atomic mass is 10.1. The van der Waals surface area contributed by atoms with Crippen molar-refractivity contribution in [2.45, 2.75) is 33.3 Å². The van der Waals surface area contributed by atoms with E-state index in [-0.39, 0.29) is 6.09 Å². The molecule has 0 saturated carbocycles. The maximum atomic E-state index is 12.2. The van der Waals surface area contributed by atoms with Gasteiger partial charge in [0.15, 0.2) is 0 Å². The number of hydrogen-bond acceptors (Lipinski definition) is 3. The molecule has 1 aliphatic heterocycles. The number of piperazine rings is 1. The first-order valence-corrected chi connectivity index (χ1v) is 8.15. The summed E-state index contributed by atoms with van der Waals surface area (Å²) in [6.45, 7) is 10.8. The second-order valence-corrected chi connectivity index (χ2v) is 7.15. The normalized spacial score (nSPS) is 16.0. The van der Waals surface area contributed by atoms with Gasteiger partial charge < -0.3 is 19.5 Å². The lowest BCUT2D eigenvalue weighted by molar-refractivity contribution is 0.0241. The highest BCUT2D eigenvalue weighted by atomic mass is 16.6. The summed E-state index contributed by atoms with van der Waals surface area (Å²) in [6.07, 6.45) is -0.215. The quantitative estimate of drug-likeness (QED) is 0.876. The molecule has 3 rings (SSSR count). The number of fused-ring (bicyclic) bond motifs is 1. The Morgan fingerprint density at radius 2 is 1.87 bits per heavy atom. The molecule has 1 amide bonds. The average molecular weight is 315 g/mol. The first kappa shape index (κ1) is 15.7.